The molecule has 1 heterocycles. The number of hydrogen-bond acceptors (Lipinski definition) is 8. The fourth-order valence-corrected chi connectivity index (χ4v) is 10.9. The average molecular weight is 1020 g/mol. The fraction of sp³-hybridized carbons (Fsp3) is 0.984. The van der Waals surface area contributed by atoms with Crippen LogP contribution in [-0.2, 0) is 14.3 Å². The molecule has 1 aliphatic heterocycles. The van der Waals surface area contributed by atoms with Crippen molar-refractivity contribution >= 4 is 5.91 Å². The molecule has 0 aromatic carbocycles. The van der Waals surface area contributed by atoms with Gasteiger partial charge in [-0.3, -0.25) is 4.79 Å². The monoisotopic (exact) mass is 1020 g/mol. The van der Waals surface area contributed by atoms with Crippen molar-refractivity contribution < 1.29 is 39.8 Å². The summed E-state index contributed by atoms with van der Waals surface area (Å²) in [5.41, 5.74) is 0. The molecule has 1 rings (SSSR count). The van der Waals surface area contributed by atoms with Gasteiger partial charge in [-0.05, 0) is 12.8 Å². The Morgan fingerprint density at radius 2 is 0.694 bits per heavy atom. The minimum atomic E-state index is -1.55. The number of rotatable bonds is 57. The zero-order valence-electron chi connectivity index (χ0n) is 48.0. The Morgan fingerprint density at radius 1 is 0.417 bits per heavy atom. The van der Waals surface area contributed by atoms with Crippen LogP contribution >= 0.6 is 0 Å². The van der Waals surface area contributed by atoms with Crippen LogP contribution in [0.25, 0.3) is 0 Å². The molecule has 0 aliphatic carbocycles. The first-order chi connectivity index (χ1) is 35.3. The summed E-state index contributed by atoms with van der Waals surface area (Å²) >= 11 is 0. The molecule has 9 nitrogen and oxygen atoms in total. The molecule has 1 amide bonds. The van der Waals surface area contributed by atoms with E-state index < -0.39 is 49.5 Å². The summed E-state index contributed by atoms with van der Waals surface area (Å²) < 4.78 is 11.3. The van der Waals surface area contributed by atoms with Gasteiger partial charge in [0.1, 0.15) is 24.4 Å². The topological polar surface area (TPSA) is 149 Å². The van der Waals surface area contributed by atoms with Gasteiger partial charge in [0.15, 0.2) is 6.29 Å². The molecule has 0 saturated carbocycles. The zero-order chi connectivity index (χ0) is 52.2. The molecule has 0 bridgehead atoms. The largest absolute Gasteiger partial charge is 0.394 e. The summed E-state index contributed by atoms with van der Waals surface area (Å²) in [5, 5.41) is 54.8. The third-order valence-corrected chi connectivity index (χ3v) is 16.0. The minimum Gasteiger partial charge on any atom is -0.394 e. The van der Waals surface area contributed by atoms with E-state index in [-0.39, 0.29) is 12.5 Å². The highest BCUT2D eigenvalue weighted by atomic mass is 16.7. The first-order valence-corrected chi connectivity index (χ1v) is 32.2. The van der Waals surface area contributed by atoms with Crippen LogP contribution in [0.2, 0.25) is 0 Å². The van der Waals surface area contributed by atoms with E-state index in [9.17, 15) is 30.3 Å². The number of amides is 1. The quantitative estimate of drug-likeness (QED) is 0.0330. The van der Waals surface area contributed by atoms with E-state index in [2.05, 4.69) is 19.2 Å². The molecule has 1 saturated heterocycles. The third kappa shape index (κ3) is 42.3. The molecular formula is C63H125NO8. The van der Waals surface area contributed by atoms with E-state index >= 15 is 0 Å². The first kappa shape index (κ1) is 69.2. The van der Waals surface area contributed by atoms with Crippen molar-refractivity contribution in [2.75, 3.05) is 13.2 Å². The van der Waals surface area contributed by atoms with Gasteiger partial charge in [-0.2, -0.15) is 0 Å². The Labute approximate surface area is 446 Å². The van der Waals surface area contributed by atoms with Gasteiger partial charge in [0.25, 0.3) is 0 Å². The molecule has 7 atom stereocenters. The zero-order valence-corrected chi connectivity index (χ0v) is 48.0. The molecule has 0 aromatic rings. The van der Waals surface area contributed by atoms with E-state index in [1.165, 1.54) is 276 Å². The Bertz CT molecular complexity index is 1100. The van der Waals surface area contributed by atoms with Crippen LogP contribution in [0.4, 0.5) is 0 Å². The minimum absolute atomic E-state index is 0.131. The van der Waals surface area contributed by atoms with Crippen molar-refractivity contribution in [2.24, 2.45) is 0 Å². The lowest BCUT2D eigenvalue weighted by Gasteiger charge is -2.40. The van der Waals surface area contributed by atoms with Gasteiger partial charge in [0.05, 0.1) is 25.4 Å². The maximum Gasteiger partial charge on any atom is 0.220 e. The summed E-state index contributed by atoms with van der Waals surface area (Å²) in [6.07, 6.45) is 58.7. The van der Waals surface area contributed by atoms with Gasteiger partial charge in [0, 0.05) is 6.42 Å². The van der Waals surface area contributed by atoms with Gasteiger partial charge in [0.2, 0.25) is 5.91 Å². The second-order valence-electron chi connectivity index (χ2n) is 22.9. The van der Waals surface area contributed by atoms with Crippen LogP contribution < -0.4 is 5.32 Å². The second kappa shape index (κ2) is 53.6. The molecule has 0 radical (unpaired) electrons. The molecule has 0 aromatic heterocycles. The lowest BCUT2D eigenvalue weighted by atomic mass is 9.99. The van der Waals surface area contributed by atoms with Crippen molar-refractivity contribution in [2.45, 2.75) is 384 Å². The second-order valence-corrected chi connectivity index (χ2v) is 22.9. The number of nitrogens with one attached hydrogen (secondary N) is 1. The molecule has 1 fully saturated rings. The number of hydrogen-bond donors (Lipinski definition) is 6. The molecule has 0 spiro atoms. The fourth-order valence-electron chi connectivity index (χ4n) is 10.9. The Kier molecular flexibility index (Phi) is 51.5. The van der Waals surface area contributed by atoms with Crippen molar-refractivity contribution in [3.05, 3.63) is 0 Å². The van der Waals surface area contributed by atoms with Crippen LogP contribution in [0.3, 0.4) is 0 Å². The van der Waals surface area contributed by atoms with Crippen LogP contribution in [0.1, 0.15) is 341 Å². The van der Waals surface area contributed by atoms with Gasteiger partial charge in [-0.25, -0.2) is 0 Å². The summed E-state index contributed by atoms with van der Waals surface area (Å²) in [7, 11) is 0. The Balaban J connectivity index is 2.10. The predicted molar refractivity (Wildman–Crippen MR) is 304 cm³/mol. The number of aliphatic hydroxyl groups is 5. The van der Waals surface area contributed by atoms with Crippen LogP contribution in [0.15, 0.2) is 0 Å². The number of carbonyl (C=O) groups excluding carboxylic acids is 1. The summed E-state index contributed by atoms with van der Waals surface area (Å²) in [5.74, 6) is -0.135. The number of aliphatic hydroxyl groups excluding tert-OH is 5. The molecule has 1 aliphatic rings. The summed E-state index contributed by atoms with van der Waals surface area (Å²) in [6.45, 7) is 3.90. The standard InChI is InChI=1S/C63H125NO8/c1-3-5-7-9-11-13-15-17-19-21-23-24-25-26-27-28-29-30-31-32-33-34-35-37-39-41-43-45-47-49-51-53-59(67)64-56(55-71-63-62(70)61(69)60(68)58(54-65)72-63)57(66)52-50-48-46-44-42-40-38-36-22-20-18-16-14-12-10-8-6-4-2/h56-58,60-63,65-66,68-70H,3-55H2,1-2H3,(H,64,67). The summed E-state index contributed by atoms with van der Waals surface area (Å²) in [6, 6.07) is -0.714. The van der Waals surface area contributed by atoms with Gasteiger partial charge < -0.3 is 40.3 Å². The maximum atomic E-state index is 13.1. The van der Waals surface area contributed by atoms with E-state index in [0.717, 1.165) is 38.5 Å². The molecule has 7 unspecified atom stereocenters. The molecular weight excluding hydrogens is 899 g/mol. The van der Waals surface area contributed by atoms with Gasteiger partial charge in [-0.15, -0.1) is 0 Å². The van der Waals surface area contributed by atoms with E-state index in [4.69, 9.17) is 9.47 Å². The van der Waals surface area contributed by atoms with E-state index in [1.54, 1.807) is 0 Å². The molecule has 9 heteroatoms. The highest BCUT2D eigenvalue weighted by Gasteiger charge is 2.44. The van der Waals surface area contributed by atoms with Crippen molar-refractivity contribution in [3.8, 4) is 0 Å². The summed E-state index contributed by atoms with van der Waals surface area (Å²) in [4.78, 5) is 13.1. The number of unbranched alkanes of at least 4 members (excludes halogenated alkanes) is 47. The highest BCUT2D eigenvalue weighted by molar-refractivity contribution is 5.76. The highest BCUT2D eigenvalue weighted by Crippen LogP contribution is 2.24. The van der Waals surface area contributed by atoms with Gasteiger partial charge in [-0.1, -0.05) is 322 Å². The SMILES string of the molecule is CCCCCCCCCCCCCCCCCCCCCCCCCCCCCCCCCC(=O)NC(COC1OC(CO)C(O)C(O)C1O)C(O)CCCCCCCCCCCCCCCCCCCC. The Morgan fingerprint density at radius 3 is 0.986 bits per heavy atom. The van der Waals surface area contributed by atoms with Crippen LogP contribution in [0, 0.1) is 0 Å². The van der Waals surface area contributed by atoms with Crippen molar-refractivity contribution in [1.82, 2.24) is 5.32 Å². The first-order valence-electron chi connectivity index (χ1n) is 32.2. The molecule has 430 valence electrons. The lowest BCUT2D eigenvalue weighted by Crippen LogP contribution is -2.60. The normalized spacial score (nSPS) is 19.0. The van der Waals surface area contributed by atoms with E-state index in [1.807, 2.05) is 0 Å². The van der Waals surface area contributed by atoms with E-state index in [0.29, 0.717) is 12.8 Å². The van der Waals surface area contributed by atoms with Crippen LogP contribution in [-0.4, -0.2) is 87.5 Å². The number of ether oxygens (including phenoxy) is 2. The van der Waals surface area contributed by atoms with Gasteiger partial charge >= 0.3 is 0 Å². The average Bonchev–Trinajstić information content (AvgIpc) is 3.38. The predicted octanol–water partition coefficient (Wildman–Crippen LogP) is 16.6. The van der Waals surface area contributed by atoms with Crippen molar-refractivity contribution in [3.63, 3.8) is 0 Å². The maximum absolute atomic E-state index is 13.1. The molecule has 72 heavy (non-hydrogen) atoms. The number of carbonyl (C=O) groups is 1. The van der Waals surface area contributed by atoms with Crippen molar-refractivity contribution in [1.29, 1.82) is 0 Å². The molecule has 6 N–H and O–H groups in total. The van der Waals surface area contributed by atoms with Crippen LogP contribution in [0.5, 0.6) is 0 Å². The Hall–Kier alpha value is -0.810. The lowest BCUT2D eigenvalue weighted by molar-refractivity contribution is -0.302. The third-order valence-electron chi connectivity index (χ3n) is 16.0. The smallest absolute Gasteiger partial charge is 0.220 e.